The number of amides is 1. The summed E-state index contributed by atoms with van der Waals surface area (Å²) in [6.45, 7) is 4.47. The van der Waals surface area contributed by atoms with Crippen LogP contribution in [0.3, 0.4) is 0 Å². The molecule has 160 valence electrons. The van der Waals surface area contributed by atoms with Crippen LogP contribution in [0, 0.1) is 17.8 Å². The highest BCUT2D eigenvalue weighted by atomic mass is 16.3. The van der Waals surface area contributed by atoms with Crippen LogP contribution >= 0.6 is 0 Å². The van der Waals surface area contributed by atoms with Gasteiger partial charge < -0.3 is 10.4 Å². The Kier molecular flexibility index (Phi) is 10.1. The molecule has 0 spiro atoms. The van der Waals surface area contributed by atoms with E-state index < -0.39 is 6.10 Å². The fourth-order valence-corrected chi connectivity index (χ4v) is 4.13. The minimum absolute atomic E-state index is 0.00601. The van der Waals surface area contributed by atoms with Gasteiger partial charge in [-0.1, -0.05) is 69.9 Å². The Balaban J connectivity index is 1.74. The summed E-state index contributed by atoms with van der Waals surface area (Å²) in [5, 5.41) is 13.2. The third-order valence-electron chi connectivity index (χ3n) is 5.91. The van der Waals surface area contributed by atoms with Crippen molar-refractivity contribution < 1.29 is 14.7 Å². The number of allylic oxidation sites excluding steroid dienone is 1. The van der Waals surface area contributed by atoms with Gasteiger partial charge >= 0.3 is 0 Å². The molecular weight excluding hydrogens is 362 g/mol. The number of Topliss-reactive ketones (excluding diaryl/α,β-unsaturated/α-hetero) is 1. The van der Waals surface area contributed by atoms with Crippen molar-refractivity contribution >= 4 is 17.4 Å². The highest BCUT2D eigenvalue weighted by Crippen LogP contribution is 2.34. The molecule has 1 aromatic rings. The second-order valence-electron chi connectivity index (χ2n) is 8.49. The number of rotatable bonds is 12. The van der Waals surface area contributed by atoms with Gasteiger partial charge in [0.2, 0.25) is 5.91 Å². The molecule has 1 fully saturated rings. The molecule has 1 aromatic carbocycles. The average Bonchev–Trinajstić information content (AvgIpc) is 2.97. The Bertz CT molecular complexity index is 655. The van der Waals surface area contributed by atoms with Gasteiger partial charge in [-0.15, -0.1) is 0 Å². The van der Waals surface area contributed by atoms with Gasteiger partial charge in [0.15, 0.2) is 0 Å². The average molecular weight is 400 g/mol. The molecule has 0 saturated heterocycles. The van der Waals surface area contributed by atoms with Gasteiger partial charge in [-0.2, -0.15) is 0 Å². The Morgan fingerprint density at radius 3 is 2.72 bits per heavy atom. The lowest BCUT2D eigenvalue weighted by Gasteiger charge is -2.18. The van der Waals surface area contributed by atoms with E-state index in [4.69, 9.17) is 0 Å². The molecule has 1 saturated carbocycles. The van der Waals surface area contributed by atoms with Crippen molar-refractivity contribution in [3.8, 4) is 0 Å². The Labute approximate surface area is 175 Å². The van der Waals surface area contributed by atoms with Gasteiger partial charge in [0.25, 0.3) is 0 Å². The van der Waals surface area contributed by atoms with Gasteiger partial charge in [-0.3, -0.25) is 9.59 Å². The Morgan fingerprint density at radius 1 is 1.24 bits per heavy atom. The summed E-state index contributed by atoms with van der Waals surface area (Å²) in [4.78, 5) is 24.4. The van der Waals surface area contributed by atoms with Crippen LogP contribution < -0.4 is 5.32 Å². The number of ketones is 1. The summed E-state index contributed by atoms with van der Waals surface area (Å²) < 4.78 is 0. The molecule has 1 amide bonds. The summed E-state index contributed by atoms with van der Waals surface area (Å²) in [6.07, 6.45) is 11.4. The number of para-hydroxylation sites is 1. The largest absolute Gasteiger partial charge is 0.392 e. The molecule has 4 atom stereocenters. The molecule has 0 radical (unpaired) electrons. The van der Waals surface area contributed by atoms with Crippen LogP contribution in [0.1, 0.15) is 71.6 Å². The van der Waals surface area contributed by atoms with Crippen molar-refractivity contribution in [1.29, 1.82) is 0 Å². The first-order valence-electron chi connectivity index (χ1n) is 11.2. The molecule has 0 aromatic heterocycles. The lowest BCUT2D eigenvalue weighted by molar-refractivity contribution is -0.121. The number of carbonyl (C=O) groups excluding carboxylic acids is 2. The number of anilines is 1. The fraction of sp³-hybridized carbons (Fsp3) is 0.600. The number of unbranched alkanes of at least 4 members (excludes halogenated alkanes) is 2. The first kappa shape index (κ1) is 23.3. The molecule has 2 rings (SSSR count). The lowest BCUT2D eigenvalue weighted by Crippen LogP contribution is -2.19. The van der Waals surface area contributed by atoms with E-state index in [9.17, 15) is 14.7 Å². The van der Waals surface area contributed by atoms with E-state index in [0.717, 1.165) is 31.4 Å². The fourth-order valence-electron chi connectivity index (χ4n) is 4.13. The number of hydrogen-bond acceptors (Lipinski definition) is 3. The second-order valence-corrected chi connectivity index (χ2v) is 8.49. The molecule has 1 unspecified atom stereocenters. The van der Waals surface area contributed by atoms with Crippen molar-refractivity contribution in [1.82, 2.24) is 0 Å². The standard InChI is InChI=1S/C25H37NO3/c1-3-4-11-19(2)12-10-16-22-21(23(27)18-24(22)28)15-8-9-17-25(29)26-20-13-6-5-7-14-20/h5-7,10,13-14,16,19,21-22,24,28H,3-4,8-9,11-12,15,17-18H2,1-2H3,(H,26,29)/b16-10+/t19?,21-,22-,24-/m1/s1. The summed E-state index contributed by atoms with van der Waals surface area (Å²) in [5.41, 5.74) is 0.810. The zero-order valence-corrected chi connectivity index (χ0v) is 18.0. The van der Waals surface area contributed by atoms with Crippen molar-refractivity contribution in [3.63, 3.8) is 0 Å². The number of aliphatic hydroxyl groups excluding tert-OH is 1. The molecular formula is C25H37NO3. The van der Waals surface area contributed by atoms with E-state index in [0.29, 0.717) is 12.3 Å². The van der Waals surface area contributed by atoms with Crippen LogP contribution in [-0.4, -0.2) is 22.9 Å². The Morgan fingerprint density at radius 2 is 2.00 bits per heavy atom. The minimum Gasteiger partial charge on any atom is -0.392 e. The molecule has 4 nitrogen and oxygen atoms in total. The molecule has 0 aliphatic heterocycles. The van der Waals surface area contributed by atoms with Gasteiger partial charge in [0.1, 0.15) is 5.78 Å². The minimum atomic E-state index is -0.559. The van der Waals surface area contributed by atoms with Crippen LogP contribution in [0.2, 0.25) is 0 Å². The summed E-state index contributed by atoms with van der Waals surface area (Å²) in [7, 11) is 0. The number of nitrogens with one attached hydrogen (secondary N) is 1. The van der Waals surface area contributed by atoms with E-state index in [-0.39, 0.29) is 29.9 Å². The SMILES string of the molecule is CCCCC(C)C/C=C/[C@H]1[C@H](O)CC(=O)[C@@H]1CCCCC(=O)Nc1ccccc1. The summed E-state index contributed by atoms with van der Waals surface area (Å²) in [6, 6.07) is 9.45. The maximum atomic E-state index is 12.3. The van der Waals surface area contributed by atoms with Gasteiger partial charge in [-0.05, 0) is 37.3 Å². The van der Waals surface area contributed by atoms with Crippen molar-refractivity contribution in [2.24, 2.45) is 17.8 Å². The van der Waals surface area contributed by atoms with Crippen LogP contribution in [0.4, 0.5) is 5.69 Å². The topological polar surface area (TPSA) is 66.4 Å². The lowest BCUT2D eigenvalue weighted by atomic mass is 9.88. The molecule has 29 heavy (non-hydrogen) atoms. The third kappa shape index (κ3) is 8.14. The van der Waals surface area contributed by atoms with Crippen LogP contribution in [0.5, 0.6) is 0 Å². The normalized spacial score (nSPS) is 22.9. The van der Waals surface area contributed by atoms with Crippen LogP contribution in [0.15, 0.2) is 42.5 Å². The molecule has 2 N–H and O–H groups in total. The van der Waals surface area contributed by atoms with E-state index in [1.165, 1.54) is 19.3 Å². The van der Waals surface area contributed by atoms with Gasteiger partial charge in [-0.25, -0.2) is 0 Å². The highest BCUT2D eigenvalue weighted by molar-refractivity contribution is 5.90. The van der Waals surface area contributed by atoms with Gasteiger partial charge in [0, 0.05) is 30.4 Å². The molecule has 0 bridgehead atoms. The van der Waals surface area contributed by atoms with E-state index in [1.807, 2.05) is 30.3 Å². The maximum absolute atomic E-state index is 12.3. The van der Waals surface area contributed by atoms with E-state index >= 15 is 0 Å². The summed E-state index contributed by atoms with van der Waals surface area (Å²) >= 11 is 0. The molecule has 1 aliphatic rings. The summed E-state index contributed by atoms with van der Waals surface area (Å²) in [5.74, 6) is 0.636. The third-order valence-corrected chi connectivity index (χ3v) is 5.91. The zero-order chi connectivity index (χ0) is 21.1. The van der Waals surface area contributed by atoms with Crippen LogP contribution in [0.25, 0.3) is 0 Å². The highest BCUT2D eigenvalue weighted by Gasteiger charge is 2.39. The molecule has 4 heteroatoms. The first-order valence-corrected chi connectivity index (χ1v) is 11.2. The van der Waals surface area contributed by atoms with Crippen molar-refractivity contribution in [2.75, 3.05) is 5.32 Å². The molecule has 1 aliphatic carbocycles. The van der Waals surface area contributed by atoms with Crippen LogP contribution in [-0.2, 0) is 9.59 Å². The van der Waals surface area contributed by atoms with E-state index in [2.05, 4.69) is 31.3 Å². The monoisotopic (exact) mass is 399 g/mol. The Hall–Kier alpha value is -1.94. The predicted molar refractivity (Wildman–Crippen MR) is 119 cm³/mol. The number of aliphatic hydroxyl groups is 1. The van der Waals surface area contributed by atoms with Gasteiger partial charge in [0.05, 0.1) is 6.10 Å². The number of hydrogen-bond donors (Lipinski definition) is 2. The van der Waals surface area contributed by atoms with Crippen molar-refractivity contribution in [3.05, 3.63) is 42.5 Å². The first-order chi connectivity index (χ1) is 14.0. The number of benzene rings is 1. The zero-order valence-electron chi connectivity index (χ0n) is 18.0. The second kappa shape index (κ2) is 12.6. The maximum Gasteiger partial charge on any atom is 0.224 e. The van der Waals surface area contributed by atoms with Crippen molar-refractivity contribution in [2.45, 2.75) is 77.7 Å². The molecule has 0 heterocycles. The predicted octanol–water partition coefficient (Wildman–Crippen LogP) is 5.52. The quantitative estimate of drug-likeness (QED) is 0.359. The smallest absolute Gasteiger partial charge is 0.224 e. The number of carbonyl (C=O) groups is 2. The van der Waals surface area contributed by atoms with E-state index in [1.54, 1.807) is 0 Å².